The highest BCUT2D eigenvalue weighted by molar-refractivity contribution is 7.93. The Balaban J connectivity index is 4.00. The lowest BCUT2D eigenvalue weighted by atomic mass is 10.8. The van der Waals surface area contributed by atoms with Crippen molar-refractivity contribution in [2.75, 3.05) is 0 Å². The molecule has 0 aromatic carbocycles. The van der Waals surface area contributed by atoms with Crippen molar-refractivity contribution >= 4 is 29.5 Å². The summed E-state index contributed by atoms with van der Waals surface area (Å²) in [4.78, 5) is 37.0. The minimum Gasteiger partial charge on any atom is -0.247 e. The average Bonchev–Trinajstić information content (AvgIpc) is 2.59. The summed E-state index contributed by atoms with van der Waals surface area (Å²) in [6.07, 6.45) is 0. The molecular weight excluding hydrogens is 426 g/mol. The van der Waals surface area contributed by atoms with E-state index in [-0.39, 0.29) is 13.7 Å². The van der Waals surface area contributed by atoms with Gasteiger partial charge in [0.15, 0.2) is 29.5 Å². The van der Waals surface area contributed by atoms with Crippen molar-refractivity contribution in [1.29, 1.82) is 0 Å². The van der Waals surface area contributed by atoms with E-state index in [0.717, 1.165) is 0 Å². The summed E-state index contributed by atoms with van der Waals surface area (Å²) in [6, 6.07) is 0. The maximum Gasteiger partial charge on any atom is 0.338 e. The molecule has 0 spiro atoms. The highest BCUT2D eigenvalue weighted by Crippen LogP contribution is 1.97. The maximum absolute atomic E-state index is 12.3. The highest BCUT2D eigenvalue weighted by atomic mass is 32.2. The van der Waals surface area contributed by atoms with Crippen LogP contribution in [0.4, 0.5) is 0 Å². The van der Waals surface area contributed by atoms with Crippen LogP contribution in [0.2, 0.25) is 0 Å². The molecule has 0 aliphatic carbocycles. The van der Waals surface area contributed by atoms with Gasteiger partial charge in [-0.1, -0.05) is 19.7 Å². The topological polar surface area (TPSA) is 168 Å². The summed E-state index contributed by atoms with van der Waals surface area (Å²) in [5.74, 6) is -3.84. The van der Waals surface area contributed by atoms with Crippen LogP contribution >= 0.6 is 0 Å². The molecule has 0 fully saturated rings. The maximum atomic E-state index is 12.3. The van der Waals surface area contributed by atoms with E-state index in [1.54, 1.807) is 0 Å². The molecule has 15 heteroatoms. The Labute approximate surface area is 153 Å². The molecule has 1 aromatic heterocycles. The third-order valence-electron chi connectivity index (χ3n) is 3.07. The number of nitrogens with zero attached hydrogens (tertiary/aromatic N) is 3. The van der Waals surface area contributed by atoms with Gasteiger partial charge in [-0.25, -0.2) is 53.3 Å². The first-order chi connectivity index (χ1) is 12.2. The van der Waals surface area contributed by atoms with Gasteiger partial charge in [-0.3, -0.25) is 0 Å². The molecule has 1 rings (SSSR count). The summed E-state index contributed by atoms with van der Waals surface area (Å²) in [6.45, 7) is 8.99. The second-order valence-electron chi connectivity index (χ2n) is 5.01. The quantitative estimate of drug-likeness (QED) is 0.410. The van der Waals surface area contributed by atoms with Gasteiger partial charge in [0.1, 0.15) is 17.6 Å². The SMILES string of the molecule is C=CS(=O)(=O)Cn1c(=O)n(CS(=O)(=O)C=C)c(=O)n(CS(=O)(=O)C=C)c1=O. The van der Waals surface area contributed by atoms with Crippen LogP contribution in [0.3, 0.4) is 0 Å². The number of sulfone groups is 3. The first kappa shape index (κ1) is 22.5. The van der Waals surface area contributed by atoms with Crippen LogP contribution in [-0.4, -0.2) is 39.0 Å². The largest absolute Gasteiger partial charge is 0.338 e. The third kappa shape index (κ3) is 5.24. The second kappa shape index (κ2) is 7.61. The lowest BCUT2D eigenvalue weighted by molar-refractivity contribution is 0.504. The lowest BCUT2D eigenvalue weighted by Crippen LogP contribution is -2.56. The molecule has 0 bridgehead atoms. The van der Waals surface area contributed by atoms with Crippen molar-refractivity contribution < 1.29 is 25.3 Å². The van der Waals surface area contributed by atoms with Gasteiger partial charge in [0.2, 0.25) is 0 Å². The highest BCUT2D eigenvalue weighted by Gasteiger charge is 2.23. The van der Waals surface area contributed by atoms with E-state index in [4.69, 9.17) is 0 Å². The number of hydrogen-bond donors (Lipinski definition) is 0. The predicted octanol–water partition coefficient (Wildman–Crippen LogP) is -2.28. The van der Waals surface area contributed by atoms with Crippen molar-refractivity contribution in [2.24, 2.45) is 0 Å². The Kier molecular flexibility index (Phi) is 6.35. The normalized spacial score (nSPS) is 12.4. The van der Waals surface area contributed by atoms with Crippen LogP contribution < -0.4 is 17.1 Å². The van der Waals surface area contributed by atoms with Gasteiger partial charge in [0, 0.05) is 16.2 Å². The van der Waals surface area contributed by atoms with Crippen molar-refractivity contribution in [1.82, 2.24) is 13.7 Å². The van der Waals surface area contributed by atoms with E-state index >= 15 is 0 Å². The van der Waals surface area contributed by atoms with Crippen LogP contribution in [0.1, 0.15) is 0 Å². The molecule has 27 heavy (non-hydrogen) atoms. The number of aromatic nitrogens is 3. The molecule has 0 amide bonds. The van der Waals surface area contributed by atoms with Crippen LogP contribution in [0, 0.1) is 0 Å². The molecule has 0 saturated heterocycles. The van der Waals surface area contributed by atoms with Gasteiger partial charge in [-0.2, -0.15) is 0 Å². The Hall–Kier alpha value is -2.52. The first-order valence-corrected chi connectivity index (χ1v) is 11.8. The Bertz CT molecular complexity index is 1100. The molecule has 0 atom stereocenters. The fourth-order valence-corrected chi connectivity index (χ4v) is 3.77. The summed E-state index contributed by atoms with van der Waals surface area (Å²) in [5.41, 5.74) is -4.69. The summed E-state index contributed by atoms with van der Waals surface area (Å²) >= 11 is 0. The number of hydrogen-bond acceptors (Lipinski definition) is 9. The van der Waals surface area contributed by atoms with Crippen molar-refractivity contribution in [3.8, 4) is 0 Å². The average molecular weight is 441 g/mol. The summed E-state index contributed by atoms with van der Waals surface area (Å²) in [5, 5.41) is 1.29. The van der Waals surface area contributed by atoms with Gasteiger partial charge in [-0.15, -0.1) is 0 Å². The fraction of sp³-hybridized carbons (Fsp3) is 0.250. The van der Waals surface area contributed by atoms with E-state index in [1.165, 1.54) is 0 Å². The van der Waals surface area contributed by atoms with E-state index in [9.17, 15) is 39.6 Å². The zero-order valence-electron chi connectivity index (χ0n) is 13.7. The molecule has 0 unspecified atom stereocenters. The molecule has 0 N–H and O–H groups in total. The molecule has 0 aliphatic heterocycles. The minimum absolute atomic E-state index is 0.00955. The van der Waals surface area contributed by atoms with Gasteiger partial charge in [-0.05, 0) is 0 Å². The smallest absolute Gasteiger partial charge is 0.247 e. The van der Waals surface area contributed by atoms with Gasteiger partial charge in [0.05, 0.1) is 0 Å². The van der Waals surface area contributed by atoms with Crippen molar-refractivity contribution in [2.45, 2.75) is 17.6 Å². The monoisotopic (exact) mass is 441 g/mol. The van der Waals surface area contributed by atoms with E-state index in [0.29, 0.717) is 16.2 Å². The Morgan fingerprint density at radius 2 is 0.741 bits per heavy atom. The number of rotatable bonds is 9. The molecule has 1 heterocycles. The Morgan fingerprint density at radius 1 is 0.556 bits per heavy atom. The zero-order chi connectivity index (χ0) is 21.2. The molecule has 0 saturated carbocycles. The van der Waals surface area contributed by atoms with Crippen LogP contribution in [0.25, 0.3) is 0 Å². The summed E-state index contributed by atoms with van der Waals surface area (Å²) < 4.78 is 70.1. The third-order valence-corrected chi connectivity index (χ3v) is 6.45. The molecule has 0 radical (unpaired) electrons. The molecular formula is C12H15N3O9S3. The summed E-state index contributed by atoms with van der Waals surface area (Å²) in [7, 11) is -12.6. The second-order valence-corrected chi connectivity index (χ2v) is 10.8. The lowest BCUT2D eigenvalue weighted by Gasteiger charge is -2.12. The predicted molar refractivity (Wildman–Crippen MR) is 96.6 cm³/mol. The van der Waals surface area contributed by atoms with E-state index in [2.05, 4.69) is 19.7 Å². The Morgan fingerprint density at radius 3 is 0.889 bits per heavy atom. The molecule has 12 nitrogen and oxygen atoms in total. The van der Waals surface area contributed by atoms with E-state index in [1.807, 2.05) is 0 Å². The van der Waals surface area contributed by atoms with Gasteiger partial charge >= 0.3 is 17.1 Å². The van der Waals surface area contributed by atoms with E-state index < -0.39 is 64.2 Å². The van der Waals surface area contributed by atoms with Gasteiger partial charge in [0.25, 0.3) is 0 Å². The fourth-order valence-electron chi connectivity index (χ4n) is 1.71. The van der Waals surface area contributed by atoms with Crippen molar-refractivity contribution in [3.63, 3.8) is 0 Å². The van der Waals surface area contributed by atoms with Crippen molar-refractivity contribution in [3.05, 3.63) is 67.4 Å². The molecule has 0 aliphatic rings. The standard InChI is InChI=1S/C12H15N3O9S3/c1-4-25(19,20)7-13-10(16)14(8-26(21,22)5-2)12(18)15(11(13)17)9-27(23,24)6-3/h4-6H,1-3,7-9H2. The first-order valence-electron chi connectivity index (χ1n) is 6.70. The molecule has 150 valence electrons. The molecule has 1 aromatic rings. The van der Waals surface area contributed by atoms with Crippen LogP contribution in [-0.2, 0) is 47.1 Å². The minimum atomic E-state index is -4.20. The van der Waals surface area contributed by atoms with Crippen LogP contribution in [0.15, 0.2) is 50.3 Å². The van der Waals surface area contributed by atoms with Crippen LogP contribution in [0.5, 0.6) is 0 Å². The zero-order valence-corrected chi connectivity index (χ0v) is 16.2. The van der Waals surface area contributed by atoms with Gasteiger partial charge < -0.3 is 0 Å².